The number of aromatic nitrogens is 6. The van der Waals surface area contributed by atoms with E-state index in [4.69, 9.17) is 16.1 Å². The number of benzene rings is 2. The Kier molecular flexibility index (Phi) is 5.66. The molecule has 3 aromatic heterocycles. The molecule has 0 spiro atoms. The molecule has 0 N–H and O–H groups in total. The quantitative estimate of drug-likeness (QED) is 0.335. The first-order valence-corrected chi connectivity index (χ1v) is 12.8. The van der Waals surface area contributed by atoms with E-state index in [2.05, 4.69) is 15.9 Å². The Bertz CT molecular complexity index is 1860. The number of aryl methyl sites for hydroxylation is 3. The van der Waals surface area contributed by atoms with E-state index in [1.54, 1.807) is 53.4 Å². The van der Waals surface area contributed by atoms with Crippen LogP contribution in [0.2, 0.25) is 0 Å². The van der Waals surface area contributed by atoms with Crippen LogP contribution in [-0.2, 0) is 31.3 Å². The van der Waals surface area contributed by atoms with Crippen molar-refractivity contribution in [2.45, 2.75) is 19.3 Å². The molecular weight excluding hydrogens is 497 g/mol. The molecule has 4 heterocycles. The maximum Gasteiger partial charge on any atom is 0.328 e. The molecular formula is C29H30FN7O2. The number of nitrogens with zero attached hydrogens (tertiary/aromatic N) is 7. The summed E-state index contributed by atoms with van der Waals surface area (Å²) in [5, 5.41) is 4.19. The van der Waals surface area contributed by atoms with Crippen molar-refractivity contribution < 1.29 is 9.13 Å². The van der Waals surface area contributed by atoms with Crippen molar-refractivity contribution in [3.8, 4) is 29.2 Å². The van der Waals surface area contributed by atoms with E-state index >= 15 is 4.39 Å². The van der Waals surface area contributed by atoms with Crippen LogP contribution in [0.5, 0.6) is 0 Å². The Morgan fingerprint density at radius 2 is 1.79 bits per heavy atom. The van der Waals surface area contributed by atoms with Gasteiger partial charge < -0.3 is 9.64 Å². The molecule has 1 saturated heterocycles. The third-order valence-electron chi connectivity index (χ3n) is 7.61. The van der Waals surface area contributed by atoms with Crippen LogP contribution < -0.4 is 10.6 Å². The summed E-state index contributed by atoms with van der Waals surface area (Å²) in [6.45, 7) is 6.41. The number of terminal acetylenes is 1. The average Bonchev–Trinajstić information content (AvgIpc) is 3.59. The summed E-state index contributed by atoms with van der Waals surface area (Å²) >= 11 is 0. The highest BCUT2D eigenvalue weighted by atomic mass is 19.1. The van der Waals surface area contributed by atoms with Gasteiger partial charge >= 0.3 is 5.69 Å². The van der Waals surface area contributed by atoms with Gasteiger partial charge in [-0.25, -0.2) is 14.2 Å². The van der Waals surface area contributed by atoms with Crippen molar-refractivity contribution in [1.29, 1.82) is 0 Å². The van der Waals surface area contributed by atoms with E-state index in [0.29, 0.717) is 54.3 Å². The lowest BCUT2D eigenvalue weighted by atomic mass is 9.93. The molecule has 0 atom stereocenters. The minimum absolute atomic E-state index is 0.122. The highest BCUT2D eigenvalue weighted by Gasteiger charge is 2.29. The second-order valence-electron chi connectivity index (χ2n) is 10.6. The Hall–Kier alpha value is -4.36. The number of ether oxygens (including phenoxy) is 1. The SMILES string of the molecule is C#CC(C)(C)c1nc2cc(-c3cnn(C)c3)c(F)cc2n1-c1cc(N2CCOCC2)c2c(c1)n(C)c(=O)n2C. The van der Waals surface area contributed by atoms with Gasteiger partial charge in [-0.05, 0) is 32.0 Å². The molecule has 200 valence electrons. The summed E-state index contributed by atoms with van der Waals surface area (Å²) in [5.41, 5.74) is 4.66. The minimum Gasteiger partial charge on any atom is -0.378 e. The van der Waals surface area contributed by atoms with Gasteiger partial charge in [0.2, 0.25) is 0 Å². The van der Waals surface area contributed by atoms with Crippen molar-refractivity contribution in [1.82, 2.24) is 28.5 Å². The van der Waals surface area contributed by atoms with Crippen LogP contribution in [0.1, 0.15) is 19.7 Å². The van der Waals surface area contributed by atoms with Gasteiger partial charge in [-0.2, -0.15) is 5.10 Å². The van der Waals surface area contributed by atoms with Crippen molar-refractivity contribution >= 4 is 27.8 Å². The zero-order chi connectivity index (χ0) is 27.6. The Labute approximate surface area is 225 Å². The van der Waals surface area contributed by atoms with Gasteiger partial charge in [0.1, 0.15) is 11.6 Å². The molecule has 6 rings (SSSR count). The molecule has 0 unspecified atom stereocenters. The van der Waals surface area contributed by atoms with E-state index in [1.165, 1.54) is 6.07 Å². The second kappa shape index (κ2) is 8.85. The monoisotopic (exact) mass is 527 g/mol. The number of anilines is 1. The fourth-order valence-electron chi connectivity index (χ4n) is 5.41. The van der Waals surface area contributed by atoms with E-state index in [0.717, 1.165) is 22.4 Å². The number of imidazole rings is 2. The lowest BCUT2D eigenvalue weighted by Gasteiger charge is -2.30. The van der Waals surface area contributed by atoms with Crippen molar-refractivity contribution in [3.05, 3.63) is 58.8 Å². The molecule has 10 heteroatoms. The van der Waals surface area contributed by atoms with Crippen molar-refractivity contribution in [3.63, 3.8) is 0 Å². The lowest BCUT2D eigenvalue weighted by Crippen LogP contribution is -2.36. The Morgan fingerprint density at radius 1 is 1.05 bits per heavy atom. The molecule has 5 aromatic rings. The van der Waals surface area contributed by atoms with Crippen LogP contribution >= 0.6 is 0 Å². The molecule has 0 amide bonds. The average molecular weight is 528 g/mol. The summed E-state index contributed by atoms with van der Waals surface area (Å²) in [4.78, 5) is 20.2. The van der Waals surface area contributed by atoms with Crippen molar-refractivity contribution in [2.75, 3.05) is 31.2 Å². The van der Waals surface area contributed by atoms with Gasteiger partial charge in [0, 0.05) is 57.6 Å². The molecule has 0 radical (unpaired) electrons. The standard InChI is InChI=1S/C29H30FN7O2/c1-7-29(2,3)27-32-22-14-20(18-16-31-33(4)17-18)21(30)15-23(22)37(27)19-12-24-26(35(6)28(38)34(24)5)25(13-19)36-8-10-39-11-9-36/h1,12-17H,8-11H2,2-6H3. The number of morpholine rings is 1. The highest BCUT2D eigenvalue weighted by Crippen LogP contribution is 2.37. The van der Waals surface area contributed by atoms with Crippen LogP contribution in [0.3, 0.4) is 0 Å². The van der Waals surface area contributed by atoms with Gasteiger partial charge in [-0.3, -0.25) is 18.4 Å². The van der Waals surface area contributed by atoms with Crippen molar-refractivity contribution in [2.24, 2.45) is 21.1 Å². The molecule has 1 aliphatic rings. The topological polar surface area (TPSA) is 75.0 Å². The van der Waals surface area contributed by atoms with Gasteiger partial charge in [0.25, 0.3) is 0 Å². The number of hydrogen-bond donors (Lipinski definition) is 0. The van der Waals surface area contributed by atoms with Crippen LogP contribution in [0.15, 0.2) is 41.5 Å². The van der Waals surface area contributed by atoms with Gasteiger partial charge in [0.15, 0.2) is 0 Å². The molecule has 0 aliphatic carbocycles. The number of hydrogen-bond acceptors (Lipinski definition) is 5. The summed E-state index contributed by atoms with van der Waals surface area (Å²) in [5.74, 6) is 3.08. The maximum atomic E-state index is 15.7. The summed E-state index contributed by atoms with van der Waals surface area (Å²) in [6.07, 6.45) is 9.39. The van der Waals surface area contributed by atoms with E-state index in [1.807, 2.05) is 30.5 Å². The summed E-state index contributed by atoms with van der Waals surface area (Å²) < 4.78 is 28.1. The maximum absolute atomic E-state index is 15.7. The fraction of sp³-hybridized carbons (Fsp3) is 0.345. The summed E-state index contributed by atoms with van der Waals surface area (Å²) in [7, 11) is 5.33. The molecule has 9 nitrogen and oxygen atoms in total. The number of fused-ring (bicyclic) bond motifs is 2. The third-order valence-corrected chi connectivity index (χ3v) is 7.61. The van der Waals surface area contributed by atoms with E-state index in [9.17, 15) is 4.79 Å². The lowest BCUT2D eigenvalue weighted by molar-refractivity contribution is 0.123. The zero-order valence-corrected chi connectivity index (χ0v) is 22.7. The van der Waals surface area contributed by atoms with Crippen LogP contribution in [-0.4, -0.2) is 54.8 Å². The first kappa shape index (κ1) is 24.9. The summed E-state index contributed by atoms with van der Waals surface area (Å²) in [6, 6.07) is 7.24. The number of halogens is 1. The highest BCUT2D eigenvalue weighted by molar-refractivity contribution is 5.93. The van der Waals surface area contributed by atoms with Gasteiger partial charge in [-0.15, -0.1) is 6.42 Å². The van der Waals surface area contributed by atoms with Gasteiger partial charge in [-0.1, -0.05) is 5.92 Å². The molecule has 1 fully saturated rings. The Balaban J connectivity index is 1.68. The predicted molar refractivity (Wildman–Crippen MR) is 150 cm³/mol. The molecule has 0 saturated carbocycles. The molecule has 2 aromatic carbocycles. The van der Waals surface area contributed by atoms with Crippen LogP contribution in [0.25, 0.3) is 38.9 Å². The fourth-order valence-corrected chi connectivity index (χ4v) is 5.41. The zero-order valence-electron chi connectivity index (χ0n) is 22.7. The van der Waals surface area contributed by atoms with Gasteiger partial charge in [0.05, 0.1) is 58.3 Å². The second-order valence-corrected chi connectivity index (χ2v) is 10.6. The first-order chi connectivity index (χ1) is 18.6. The minimum atomic E-state index is -0.763. The molecule has 1 aliphatic heterocycles. The number of rotatable bonds is 4. The van der Waals surface area contributed by atoms with Crippen LogP contribution in [0.4, 0.5) is 10.1 Å². The van der Waals surface area contributed by atoms with Crippen LogP contribution in [0, 0.1) is 18.2 Å². The third kappa shape index (κ3) is 3.84. The molecule has 39 heavy (non-hydrogen) atoms. The van der Waals surface area contributed by atoms with E-state index < -0.39 is 5.41 Å². The smallest absolute Gasteiger partial charge is 0.328 e. The molecule has 0 bridgehead atoms. The largest absolute Gasteiger partial charge is 0.378 e. The first-order valence-electron chi connectivity index (χ1n) is 12.8. The van der Waals surface area contributed by atoms with E-state index in [-0.39, 0.29) is 11.5 Å². The Morgan fingerprint density at radius 3 is 2.46 bits per heavy atom. The normalized spacial score (nSPS) is 14.4. The predicted octanol–water partition coefficient (Wildman–Crippen LogP) is 3.50.